The minimum atomic E-state index is -1.21. The lowest BCUT2D eigenvalue weighted by molar-refractivity contribution is 0.0500. The summed E-state index contributed by atoms with van der Waals surface area (Å²) >= 11 is 0. The van der Waals surface area contributed by atoms with Crippen molar-refractivity contribution in [2.45, 2.75) is 39.6 Å². The van der Waals surface area contributed by atoms with Gasteiger partial charge in [0, 0.05) is 13.1 Å². The number of hydrogen-bond acceptors (Lipinski definition) is 7. The monoisotopic (exact) mass is 564 g/mol. The van der Waals surface area contributed by atoms with Crippen molar-refractivity contribution >= 4 is 18.0 Å². The summed E-state index contributed by atoms with van der Waals surface area (Å²) in [6.07, 6.45) is -0.535. The summed E-state index contributed by atoms with van der Waals surface area (Å²) in [5, 5.41) is 15.2. The quantitative estimate of drug-likeness (QED) is 0.238. The van der Waals surface area contributed by atoms with Gasteiger partial charge in [-0.3, -0.25) is 4.79 Å². The number of ether oxygens (including phenoxy) is 4. The van der Waals surface area contributed by atoms with Crippen molar-refractivity contribution < 1.29 is 38.4 Å². The van der Waals surface area contributed by atoms with E-state index >= 15 is 0 Å². The van der Waals surface area contributed by atoms with E-state index in [0.29, 0.717) is 0 Å². The molecule has 3 rings (SSSR count). The number of aromatic carboxylic acids is 1. The lowest BCUT2D eigenvalue weighted by atomic mass is 10.1. The molecule has 3 aromatic carbocycles. The maximum atomic E-state index is 13.2. The van der Waals surface area contributed by atoms with Crippen LogP contribution in [-0.4, -0.2) is 55.0 Å². The maximum Gasteiger partial charge on any atom is 0.407 e. The molecule has 0 radical (unpaired) electrons. The highest BCUT2D eigenvalue weighted by atomic mass is 16.6. The summed E-state index contributed by atoms with van der Waals surface area (Å²) in [5.74, 6) is -1.69. The molecule has 0 saturated carbocycles. The Kier molecular flexibility index (Phi) is 11.5. The predicted molar refractivity (Wildman–Crippen MR) is 152 cm³/mol. The molecule has 3 aromatic rings. The van der Waals surface area contributed by atoms with Crippen molar-refractivity contribution in [1.82, 2.24) is 10.6 Å². The second-order valence-electron chi connectivity index (χ2n) is 9.97. The fourth-order valence-corrected chi connectivity index (χ4v) is 3.63. The van der Waals surface area contributed by atoms with Gasteiger partial charge < -0.3 is 34.7 Å². The van der Waals surface area contributed by atoms with Crippen molar-refractivity contribution in [3.63, 3.8) is 0 Å². The van der Waals surface area contributed by atoms with Crippen LogP contribution < -0.4 is 20.1 Å². The topological polar surface area (TPSA) is 132 Å². The maximum absolute atomic E-state index is 13.2. The van der Waals surface area contributed by atoms with Gasteiger partial charge in [-0.25, -0.2) is 9.59 Å². The van der Waals surface area contributed by atoms with Crippen LogP contribution in [-0.2, 0) is 22.7 Å². The van der Waals surface area contributed by atoms with Crippen LogP contribution in [0.3, 0.4) is 0 Å². The van der Waals surface area contributed by atoms with E-state index in [1.807, 2.05) is 60.7 Å². The fraction of sp³-hybridized carbons (Fsp3) is 0.323. The molecule has 0 spiro atoms. The number of carboxylic acids is 1. The van der Waals surface area contributed by atoms with Gasteiger partial charge in [0.05, 0.1) is 18.8 Å². The first kappa shape index (κ1) is 31.0. The number of carbonyl (C=O) groups excluding carboxylic acids is 2. The van der Waals surface area contributed by atoms with Gasteiger partial charge in [0.25, 0.3) is 5.91 Å². The zero-order chi connectivity index (χ0) is 29.7. The molecule has 0 unspecified atom stereocenters. The molecule has 2 amide bonds. The highest BCUT2D eigenvalue weighted by Gasteiger charge is 2.24. The van der Waals surface area contributed by atoms with Gasteiger partial charge in [-0.1, -0.05) is 60.7 Å². The molecule has 0 atom stereocenters. The van der Waals surface area contributed by atoms with Gasteiger partial charge in [0.15, 0.2) is 11.5 Å². The highest BCUT2D eigenvalue weighted by Crippen LogP contribution is 2.37. The van der Waals surface area contributed by atoms with Gasteiger partial charge in [-0.2, -0.15) is 0 Å². The molecule has 41 heavy (non-hydrogen) atoms. The van der Waals surface area contributed by atoms with Crippen molar-refractivity contribution in [3.05, 3.63) is 95.1 Å². The molecule has 0 aliphatic heterocycles. The summed E-state index contributed by atoms with van der Waals surface area (Å²) in [5.41, 5.74) is 1.07. The van der Waals surface area contributed by atoms with Crippen molar-refractivity contribution in [2.75, 3.05) is 26.3 Å². The Morgan fingerprint density at radius 3 is 1.71 bits per heavy atom. The molecular formula is C31H36N2O8. The molecule has 0 heterocycles. The van der Waals surface area contributed by atoms with Crippen molar-refractivity contribution in [3.8, 4) is 11.5 Å². The standard InChI is InChI=1S/C31H36N2O8/c1-31(2,3)41-30(37)33-17-19-38-18-16-32-28(34)24-14-15-25(29(35)36)27(40-21-23-12-8-5-9-13-23)26(24)39-20-22-10-6-4-7-11-22/h4-15H,16-21H2,1-3H3,(H,32,34)(H,33,37)(H,35,36). The first-order valence-electron chi connectivity index (χ1n) is 13.2. The van der Waals surface area contributed by atoms with E-state index in [0.717, 1.165) is 11.1 Å². The smallest absolute Gasteiger partial charge is 0.407 e. The van der Waals surface area contributed by atoms with E-state index in [2.05, 4.69) is 10.6 Å². The lowest BCUT2D eigenvalue weighted by Gasteiger charge is -2.19. The highest BCUT2D eigenvalue weighted by molar-refractivity contribution is 6.01. The van der Waals surface area contributed by atoms with Gasteiger partial charge in [-0.15, -0.1) is 0 Å². The number of rotatable bonds is 14. The Balaban J connectivity index is 1.68. The first-order chi connectivity index (χ1) is 19.6. The second kappa shape index (κ2) is 15.3. The first-order valence-corrected chi connectivity index (χ1v) is 13.2. The Morgan fingerprint density at radius 2 is 1.20 bits per heavy atom. The minimum Gasteiger partial charge on any atom is -0.484 e. The molecule has 0 aliphatic rings. The van der Waals surface area contributed by atoms with E-state index in [9.17, 15) is 19.5 Å². The normalized spacial score (nSPS) is 10.9. The summed E-state index contributed by atoms with van der Waals surface area (Å²) in [6, 6.07) is 21.3. The van der Waals surface area contributed by atoms with Crippen molar-refractivity contribution in [1.29, 1.82) is 0 Å². The molecule has 0 saturated heterocycles. The predicted octanol–water partition coefficient (Wildman–Crippen LogP) is 4.81. The lowest BCUT2D eigenvalue weighted by Crippen LogP contribution is -2.34. The minimum absolute atomic E-state index is 0.0321. The Hall–Kier alpha value is -4.57. The second-order valence-corrected chi connectivity index (χ2v) is 9.97. The van der Waals surface area contributed by atoms with E-state index in [4.69, 9.17) is 18.9 Å². The zero-order valence-electron chi connectivity index (χ0n) is 23.5. The largest absolute Gasteiger partial charge is 0.484 e. The van der Waals surface area contributed by atoms with Gasteiger partial charge in [-0.05, 0) is 44.0 Å². The molecule has 218 valence electrons. The van der Waals surface area contributed by atoms with Crippen LogP contribution in [0.2, 0.25) is 0 Å². The number of nitrogens with one attached hydrogen (secondary N) is 2. The van der Waals surface area contributed by atoms with Crippen LogP contribution in [0.25, 0.3) is 0 Å². The van der Waals surface area contributed by atoms with Crippen LogP contribution in [0.1, 0.15) is 52.6 Å². The Morgan fingerprint density at radius 1 is 0.707 bits per heavy atom. The third kappa shape index (κ3) is 10.5. The molecular weight excluding hydrogens is 528 g/mol. The molecule has 0 aromatic heterocycles. The van der Waals surface area contributed by atoms with Gasteiger partial charge in [0.1, 0.15) is 24.4 Å². The Bertz CT molecular complexity index is 1290. The molecule has 3 N–H and O–H groups in total. The average Bonchev–Trinajstić information content (AvgIpc) is 2.94. The SMILES string of the molecule is CC(C)(C)OC(=O)NCCOCCNC(=O)c1ccc(C(=O)O)c(OCc2ccccc2)c1OCc1ccccc1. The third-order valence-electron chi connectivity index (χ3n) is 5.49. The molecule has 10 heteroatoms. The number of hydrogen-bond donors (Lipinski definition) is 3. The molecule has 0 bridgehead atoms. The third-order valence-corrected chi connectivity index (χ3v) is 5.49. The van der Waals surface area contributed by atoms with Crippen LogP contribution in [0.15, 0.2) is 72.8 Å². The summed E-state index contributed by atoms with van der Waals surface area (Å²) in [6.45, 7) is 6.34. The van der Waals surface area contributed by atoms with E-state index < -0.39 is 23.6 Å². The zero-order valence-corrected chi connectivity index (χ0v) is 23.5. The van der Waals surface area contributed by atoms with E-state index in [1.165, 1.54) is 12.1 Å². The van der Waals surface area contributed by atoms with Crippen LogP contribution >= 0.6 is 0 Å². The summed E-state index contributed by atoms with van der Waals surface area (Å²) < 4.78 is 22.6. The molecule has 0 aliphatic carbocycles. The fourth-order valence-electron chi connectivity index (χ4n) is 3.63. The number of benzene rings is 3. The number of carbonyl (C=O) groups is 3. The number of amides is 2. The van der Waals surface area contributed by atoms with E-state index in [1.54, 1.807) is 20.8 Å². The van der Waals surface area contributed by atoms with E-state index in [-0.39, 0.29) is 62.1 Å². The molecule has 0 fully saturated rings. The summed E-state index contributed by atoms with van der Waals surface area (Å²) in [7, 11) is 0. The van der Waals surface area contributed by atoms with Gasteiger partial charge in [0.2, 0.25) is 0 Å². The molecule has 10 nitrogen and oxygen atoms in total. The summed E-state index contributed by atoms with van der Waals surface area (Å²) in [4.78, 5) is 36.9. The van der Waals surface area contributed by atoms with Crippen molar-refractivity contribution in [2.24, 2.45) is 0 Å². The number of alkyl carbamates (subject to hydrolysis) is 1. The number of carboxylic acid groups (broad SMARTS) is 1. The van der Waals surface area contributed by atoms with Crippen LogP contribution in [0.5, 0.6) is 11.5 Å². The average molecular weight is 565 g/mol. The van der Waals surface area contributed by atoms with Crippen LogP contribution in [0.4, 0.5) is 4.79 Å². The Labute approximate surface area is 239 Å². The van der Waals surface area contributed by atoms with Crippen LogP contribution in [0, 0.1) is 0 Å². The van der Waals surface area contributed by atoms with Gasteiger partial charge >= 0.3 is 12.1 Å².